The molecule has 0 fully saturated rings. The lowest BCUT2D eigenvalue weighted by Crippen LogP contribution is -2.04. The fourth-order valence-corrected chi connectivity index (χ4v) is 3.94. The van der Waals surface area contributed by atoms with Crippen molar-refractivity contribution in [1.29, 1.82) is 0 Å². The van der Waals surface area contributed by atoms with E-state index in [4.69, 9.17) is 14.2 Å². The third kappa shape index (κ3) is 3.83. The van der Waals surface area contributed by atoms with Crippen LogP contribution in [0.1, 0.15) is 22.3 Å². The van der Waals surface area contributed by atoms with E-state index < -0.39 is 0 Å². The normalized spacial score (nSPS) is 10.8. The van der Waals surface area contributed by atoms with Crippen molar-refractivity contribution in [2.75, 3.05) is 14.2 Å². The monoisotopic (exact) mass is 370 g/mol. The second-order valence-corrected chi connectivity index (χ2v) is 7.14. The zero-order chi connectivity index (χ0) is 18.7. The van der Waals surface area contributed by atoms with E-state index >= 15 is 0 Å². The fraction of sp³-hybridized carbons (Fsp3) is 0.286. The summed E-state index contributed by atoms with van der Waals surface area (Å²) in [5.41, 5.74) is 4.53. The van der Waals surface area contributed by atoms with Crippen LogP contribution >= 0.6 is 11.3 Å². The molecule has 0 aliphatic rings. The molecule has 3 rings (SSSR count). The first-order chi connectivity index (χ1) is 12.5. The van der Waals surface area contributed by atoms with Gasteiger partial charge in [0.05, 0.1) is 20.6 Å². The molecule has 0 saturated carbocycles. The van der Waals surface area contributed by atoms with Gasteiger partial charge < -0.3 is 14.2 Å². The first-order valence-electron chi connectivity index (χ1n) is 8.35. The van der Waals surface area contributed by atoms with E-state index in [1.165, 1.54) is 18.2 Å². The summed E-state index contributed by atoms with van der Waals surface area (Å²) >= 11 is 1.57. The van der Waals surface area contributed by atoms with Crippen LogP contribution in [0.5, 0.6) is 11.5 Å². The largest absolute Gasteiger partial charge is 0.496 e. The Labute approximate surface area is 157 Å². The number of carbonyl (C=O) groups is 1. The molecule has 2 aromatic carbocycles. The molecule has 136 valence electrons. The number of benzene rings is 2. The van der Waals surface area contributed by atoms with Gasteiger partial charge in [-0.1, -0.05) is 23.8 Å². The highest BCUT2D eigenvalue weighted by Crippen LogP contribution is 2.38. The summed E-state index contributed by atoms with van der Waals surface area (Å²) in [5.74, 6) is 1.20. The number of aryl methyl sites for hydroxylation is 2. The van der Waals surface area contributed by atoms with E-state index in [-0.39, 0.29) is 12.4 Å². The van der Waals surface area contributed by atoms with Gasteiger partial charge in [0, 0.05) is 16.2 Å². The van der Waals surface area contributed by atoms with Crippen molar-refractivity contribution < 1.29 is 19.0 Å². The molecule has 0 atom stereocenters. The van der Waals surface area contributed by atoms with Crippen molar-refractivity contribution in [3.05, 3.63) is 58.0 Å². The zero-order valence-electron chi connectivity index (χ0n) is 15.4. The Morgan fingerprint density at radius 3 is 2.58 bits per heavy atom. The number of esters is 1. The standard InChI is InChI=1S/C21H22O4S/c1-13-5-6-15(14(2)7-13)11-25-17-9-18(23-3)21-16(8-20(22)24-4)12-26-19(21)10-17/h5-7,9-10,12H,8,11H2,1-4H3. The Morgan fingerprint density at radius 1 is 1.08 bits per heavy atom. The maximum atomic E-state index is 11.6. The van der Waals surface area contributed by atoms with Crippen molar-refractivity contribution >= 4 is 27.4 Å². The van der Waals surface area contributed by atoms with Crippen molar-refractivity contribution in [1.82, 2.24) is 0 Å². The minimum Gasteiger partial charge on any atom is -0.496 e. The molecule has 0 radical (unpaired) electrons. The summed E-state index contributed by atoms with van der Waals surface area (Å²) in [7, 11) is 3.02. The topological polar surface area (TPSA) is 44.8 Å². The molecule has 0 bridgehead atoms. The number of hydrogen-bond donors (Lipinski definition) is 0. The van der Waals surface area contributed by atoms with Crippen LogP contribution in [0.3, 0.4) is 0 Å². The summed E-state index contributed by atoms with van der Waals surface area (Å²) in [4.78, 5) is 11.6. The van der Waals surface area contributed by atoms with E-state index in [1.807, 2.05) is 17.5 Å². The van der Waals surface area contributed by atoms with E-state index in [0.717, 1.165) is 27.0 Å². The summed E-state index contributed by atoms with van der Waals surface area (Å²) in [6.07, 6.45) is 0.232. The van der Waals surface area contributed by atoms with Crippen molar-refractivity contribution in [2.45, 2.75) is 26.9 Å². The number of fused-ring (bicyclic) bond motifs is 1. The van der Waals surface area contributed by atoms with Gasteiger partial charge in [0.2, 0.25) is 0 Å². The van der Waals surface area contributed by atoms with Gasteiger partial charge in [-0.15, -0.1) is 11.3 Å². The van der Waals surface area contributed by atoms with Crippen LogP contribution in [-0.4, -0.2) is 20.2 Å². The number of hydrogen-bond acceptors (Lipinski definition) is 5. The minimum atomic E-state index is -0.262. The molecule has 1 heterocycles. The van der Waals surface area contributed by atoms with E-state index in [1.54, 1.807) is 18.4 Å². The molecule has 26 heavy (non-hydrogen) atoms. The van der Waals surface area contributed by atoms with Crippen LogP contribution in [0.4, 0.5) is 0 Å². The number of rotatable bonds is 6. The van der Waals surface area contributed by atoms with Gasteiger partial charge in [-0.3, -0.25) is 4.79 Å². The maximum Gasteiger partial charge on any atom is 0.310 e. The van der Waals surface area contributed by atoms with Gasteiger partial charge in [-0.25, -0.2) is 0 Å². The number of thiophene rings is 1. The van der Waals surface area contributed by atoms with Crippen LogP contribution in [0, 0.1) is 13.8 Å². The van der Waals surface area contributed by atoms with Crippen LogP contribution in [0.25, 0.3) is 10.1 Å². The van der Waals surface area contributed by atoms with Crippen molar-refractivity contribution in [2.24, 2.45) is 0 Å². The average molecular weight is 370 g/mol. The Balaban J connectivity index is 1.87. The molecule has 0 aliphatic heterocycles. The Bertz CT molecular complexity index is 943. The molecule has 0 amide bonds. The van der Waals surface area contributed by atoms with Gasteiger partial charge in [0.15, 0.2) is 0 Å². The summed E-state index contributed by atoms with van der Waals surface area (Å²) in [6.45, 7) is 4.67. The zero-order valence-corrected chi connectivity index (χ0v) is 16.2. The lowest BCUT2D eigenvalue weighted by Gasteiger charge is -2.12. The summed E-state index contributed by atoms with van der Waals surface area (Å²) in [6, 6.07) is 10.2. The van der Waals surface area contributed by atoms with Gasteiger partial charge >= 0.3 is 5.97 Å². The smallest absolute Gasteiger partial charge is 0.310 e. The van der Waals surface area contributed by atoms with Crippen LogP contribution in [-0.2, 0) is 22.6 Å². The molecular weight excluding hydrogens is 348 g/mol. The van der Waals surface area contributed by atoms with Gasteiger partial charge in [-0.2, -0.15) is 0 Å². The highest BCUT2D eigenvalue weighted by molar-refractivity contribution is 7.17. The Hall–Kier alpha value is -2.53. The van der Waals surface area contributed by atoms with Crippen molar-refractivity contribution in [3.63, 3.8) is 0 Å². The third-order valence-electron chi connectivity index (χ3n) is 4.36. The minimum absolute atomic E-state index is 0.232. The molecule has 0 spiro atoms. The SMILES string of the molecule is COC(=O)Cc1csc2cc(OCc3ccc(C)cc3C)cc(OC)c12. The number of ether oxygens (including phenoxy) is 3. The van der Waals surface area contributed by atoms with Crippen LogP contribution in [0.15, 0.2) is 35.7 Å². The Kier molecular flexibility index (Phi) is 5.47. The van der Waals surface area contributed by atoms with Gasteiger partial charge in [0.1, 0.15) is 18.1 Å². The molecule has 3 aromatic rings. The van der Waals surface area contributed by atoms with E-state index in [2.05, 4.69) is 32.0 Å². The second kappa shape index (κ2) is 7.79. The molecule has 0 saturated heterocycles. The predicted molar refractivity (Wildman–Crippen MR) is 104 cm³/mol. The van der Waals surface area contributed by atoms with Crippen LogP contribution < -0.4 is 9.47 Å². The highest BCUT2D eigenvalue weighted by Gasteiger charge is 2.15. The molecule has 0 aliphatic carbocycles. The quantitative estimate of drug-likeness (QED) is 0.584. The van der Waals surface area contributed by atoms with Crippen LogP contribution in [0.2, 0.25) is 0 Å². The fourth-order valence-electron chi connectivity index (χ4n) is 2.94. The van der Waals surface area contributed by atoms with E-state index in [0.29, 0.717) is 12.4 Å². The third-order valence-corrected chi connectivity index (χ3v) is 5.34. The van der Waals surface area contributed by atoms with E-state index in [9.17, 15) is 4.79 Å². The van der Waals surface area contributed by atoms with Crippen molar-refractivity contribution in [3.8, 4) is 11.5 Å². The molecule has 4 nitrogen and oxygen atoms in total. The number of methoxy groups -OCH3 is 2. The second-order valence-electron chi connectivity index (χ2n) is 6.23. The lowest BCUT2D eigenvalue weighted by atomic mass is 10.1. The number of carbonyl (C=O) groups excluding carboxylic acids is 1. The average Bonchev–Trinajstić information content (AvgIpc) is 3.03. The first kappa shape index (κ1) is 18.3. The molecule has 5 heteroatoms. The lowest BCUT2D eigenvalue weighted by molar-refractivity contribution is -0.139. The highest BCUT2D eigenvalue weighted by atomic mass is 32.1. The molecule has 0 unspecified atom stereocenters. The molecular formula is C21H22O4S. The van der Waals surface area contributed by atoms with Gasteiger partial charge in [0.25, 0.3) is 0 Å². The summed E-state index contributed by atoms with van der Waals surface area (Å²) < 4.78 is 17.4. The maximum absolute atomic E-state index is 11.6. The summed E-state index contributed by atoms with van der Waals surface area (Å²) in [5, 5.41) is 2.92. The molecule has 1 aromatic heterocycles. The Morgan fingerprint density at radius 2 is 1.88 bits per heavy atom. The first-order valence-corrected chi connectivity index (χ1v) is 9.23. The predicted octanol–water partition coefficient (Wildman–Crippen LogP) is 4.82. The van der Waals surface area contributed by atoms with Gasteiger partial charge in [-0.05, 0) is 42.0 Å². The molecule has 0 N–H and O–H groups in total.